The molecule has 4 heteroatoms. The van der Waals surface area contributed by atoms with Crippen LogP contribution in [0.5, 0.6) is 11.5 Å². The van der Waals surface area contributed by atoms with E-state index in [0.717, 1.165) is 11.3 Å². The normalized spacial score (nSPS) is 12.2. The maximum atomic E-state index is 9.36. The fourth-order valence-electron chi connectivity index (χ4n) is 1.55. The second-order valence-electron chi connectivity index (χ2n) is 4.11. The minimum atomic E-state index is -0.573. The van der Waals surface area contributed by atoms with E-state index in [-0.39, 0.29) is 0 Å². The van der Waals surface area contributed by atoms with Crippen molar-refractivity contribution in [1.82, 2.24) is 4.98 Å². The van der Waals surface area contributed by atoms with Gasteiger partial charge >= 0.3 is 0 Å². The zero-order valence-corrected chi connectivity index (χ0v) is 11.0. The summed E-state index contributed by atoms with van der Waals surface area (Å²) in [6.45, 7) is 3.60. The molecule has 1 heterocycles. The third-order valence-electron chi connectivity index (χ3n) is 2.55. The summed E-state index contributed by atoms with van der Waals surface area (Å²) < 4.78 is 5.70. The molecule has 1 atom stereocenters. The smallest absolute Gasteiger partial charge is 0.145 e. The van der Waals surface area contributed by atoms with Gasteiger partial charge in [0, 0.05) is 5.02 Å². The molecule has 0 aliphatic carbocycles. The van der Waals surface area contributed by atoms with Crippen molar-refractivity contribution in [2.45, 2.75) is 20.0 Å². The summed E-state index contributed by atoms with van der Waals surface area (Å²) in [4.78, 5) is 4.12. The Kier molecular flexibility index (Phi) is 3.84. The zero-order chi connectivity index (χ0) is 13.1. The Balaban J connectivity index is 2.18. The number of hydrogen-bond donors (Lipinski definition) is 1. The Morgan fingerprint density at radius 1 is 1.28 bits per heavy atom. The lowest BCUT2D eigenvalue weighted by Crippen LogP contribution is -1.95. The number of benzene rings is 1. The highest BCUT2D eigenvalue weighted by molar-refractivity contribution is 6.30. The van der Waals surface area contributed by atoms with E-state index in [1.54, 1.807) is 31.3 Å². The number of aliphatic hydroxyl groups is 1. The van der Waals surface area contributed by atoms with E-state index >= 15 is 0 Å². The molecular weight excluding hydrogens is 250 g/mol. The molecule has 0 aliphatic heterocycles. The van der Waals surface area contributed by atoms with Crippen LogP contribution in [0.3, 0.4) is 0 Å². The summed E-state index contributed by atoms with van der Waals surface area (Å²) >= 11 is 5.88. The molecule has 0 aliphatic rings. The highest BCUT2D eigenvalue weighted by Crippen LogP contribution is 2.27. The van der Waals surface area contributed by atoms with E-state index in [0.29, 0.717) is 16.5 Å². The highest BCUT2D eigenvalue weighted by Gasteiger charge is 2.05. The van der Waals surface area contributed by atoms with E-state index in [2.05, 4.69) is 4.98 Å². The van der Waals surface area contributed by atoms with Crippen molar-refractivity contribution >= 4 is 11.6 Å². The predicted molar refractivity (Wildman–Crippen MR) is 71.1 cm³/mol. The summed E-state index contributed by atoms with van der Waals surface area (Å²) in [6, 6.07) is 8.96. The number of nitrogens with zero attached hydrogens (tertiary/aromatic N) is 1. The van der Waals surface area contributed by atoms with Gasteiger partial charge in [0.25, 0.3) is 0 Å². The minimum Gasteiger partial charge on any atom is -0.455 e. The lowest BCUT2D eigenvalue weighted by molar-refractivity contribution is 0.194. The second kappa shape index (κ2) is 5.38. The number of aromatic nitrogens is 1. The van der Waals surface area contributed by atoms with Crippen molar-refractivity contribution in [3.63, 3.8) is 0 Å². The zero-order valence-electron chi connectivity index (χ0n) is 10.2. The Hall–Kier alpha value is -1.58. The Morgan fingerprint density at radius 2 is 2.06 bits per heavy atom. The first kappa shape index (κ1) is 12.9. The van der Waals surface area contributed by atoms with Crippen molar-refractivity contribution in [1.29, 1.82) is 0 Å². The molecule has 3 nitrogen and oxygen atoms in total. The topological polar surface area (TPSA) is 42.4 Å². The number of rotatable bonds is 3. The molecule has 0 saturated carbocycles. The quantitative estimate of drug-likeness (QED) is 0.914. The molecule has 2 rings (SSSR count). The van der Waals surface area contributed by atoms with Gasteiger partial charge in [0.2, 0.25) is 0 Å². The van der Waals surface area contributed by atoms with Crippen molar-refractivity contribution < 1.29 is 9.84 Å². The number of halogens is 1. The Bertz CT molecular complexity index is 538. The van der Waals surface area contributed by atoms with Crippen LogP contribution in [0, 0.1) is 6.92 Å². The molecule has 0 saturated heterocycles. The second-order valence-corrected chi connectivity index (χ2v) is 4.54. The SMILES string of the molecule is Cc1cc(Cl)ccc1Oc1ccc([C@H](C)O)nc1. The van der Waals surface area contributed by atoms with Crippen LogP contribution in [0.4, 0.5) is 0 Å². The third-order valence-corrected chi connectivity index (χ3v) is 2.79. The average molecular weight is 264 g/mol. The van der Waals surface area contributed by atoms with Gasteiger partial charge in [-0.2, -0.15) is 0 Å². The van der Waals surface area contributed by atoms with E-state index in [1.165, 1.54) is 0 Å². The van der Waals surface area contributed by atoms with Gasteiger partial charge in [-0.05, 0) is 49.7 Å². The van der Waals surface area contributed by atoms with Gasteiger partial charge in [0.05, 0.1) is 18.0 Å². The van der Waals surface area contributed by atoms with Gasteiger partial charge in [0.1, 0.15) is 11.5 Å². The maximum Gasteiger partial charge on any atom is 0.145 e. The van der Waals surface area contributed by atoms with Crippen molar-refractivity contribution in [2.75, 3.05) is 0 Å². The first-order valence-electron chi connectivity index (χ1n) is 5.64. The average Bonchev–Trinajstić information content (AvgIpc) is 2.33. The van der Waals surface area contributed by atoms with Crippen LogP contribution in [0.1, 0.15) is 24.3 Å². The third kappa shape index (κ3) is 3.00. The lowest BCUT2D eigenvalue weighted by atomic mass is 10.2. The van der Waals surface area contributed by atoms with Crippen molar-refractivity contribution in [3.05, 3.63) is 52.8 Å². The number of pyridine rings is 1. The molecule has 1 aromatic carbocycles. The van der Waals surface area contributed by atoms with Crippen LogP contribution in [0.2, 0.25) is 5.02 Å². The number of hydrogen-bond acceptors (Lipinski definition) is 3. The monoisotopic (exact) mass is 263 g/mol. The molecule has 2 aromatic rings. The first-order valence-corrected chi connectivity index (χ1v) is 6.02. The van der Waals surface area contributed by atoms with E-state index in [1.807, 2.05) is 19.1 Å². The molecular formula is C14H14ClNO2. The summed E-state index contributed by atoms with van der Waals surface area (Å²) in [7, 11) is 0. The first-order chi connectivity index (χ1) is 8.56. The highest BCUT2D eigenvalue weighted by atomic mass is 35.5. The molecule has 0 fully saturated rings. The predicted octanol–water partition coefficient (Wildman–Crippen LogP) is 3.89. The molecule has 0 unspecified atom stereocenters. The van der Waals surface area contributed by atoms with Gasteiger partial charge in [-0.1, -0.05) is 11.6 Å². The maximum absolute atomic E-state index is 9.36. The minimum absolute atomic E-state index is 0.573. The molecule has 18 heavy (non-hydrogen) atoms. The Morgan fingerprint density at radius 3 is 2.61 bits per heavy atom. The lowest BCUT2D eigenvalue weighted by Gasteiger charge is -2.09. The van der Waals surface area contributed by atoms with Gasteiger partial charge in [0.15, 0.2) is 0 Å². The van der Waals surface area contributed by atoms with E-state index in [9.17, 15) is 5.11 Å². The van der Waals surface area contributed by atoms with Gasteiger partial charge in [-0.25, -0.2) is 0 Å². The number of aryl methyl sites for hydroxylation is 1. The number of aliphatic hydroxyl groups excluding tert-OH is 1. The standard InChI is InChI=1S/C14H14ClNO2/c1-9-7-11(15)3-6-14(9)18-12-4-5-13(10(2)17)16-8-12/h3-8,10,17H,1-2H3/t10-/m0/s1. The summed E-state index contributed by atoms with van der Waals surface area (Å²) in [6.07, 6.45) is 1.02. The molecule has 0 radical (unpaired) electrons. The van der Waals surface area contributed by atoms with E-state index < -0.39 is 6.10 Å². The summed E-state index contributed by atoms with van der Waals surface area (Å²) in [5.41, 5.74) is 1.58. The molecule has 1 aromatic heterocycles. The molecule has 0 bridgehead atoms. The molecule has 0 amide bonds. The number of ether oxygens (including phenoxy) is 1. The van der Waals surface area contributed by atoms with Crippen molar-refractivity contribution in [2.24, 2.45) is 0 Å². The van der Waals surface area contributed by atoms with Crippen LogP contribution in [-0.4, -0.2) is 10.1 Å². The van der Waals surface area contributed by atoms with Crippen LogP contribution >= 0.6 is 11.6 Å². The van der Waals surface area contributed by atoms with Crippen LogP contribution < -0.4 is 4.74 Å². The fourth-order valence-corrected chi connectivity index (χ4v) is 1.78. The van der Waals surface area contributed by atoms with Crippen LogP contribution in [0.15, 0.2) is 36.5 Å². The molecule has 94 valence electrons. The summed E-state index contributed by atoms with van der Waals surface area (Å²) in [5.74, 6) is 1.37. The van der Waals surface area contributed by atoms with Crippen molar-refractivity contribution in [3.8, 4) is 11.5 Å². The van der Waals surface area contributed by atoms with Gasteiger partial charge < -0.3 is 9.84 Å². The molecule has 0 spiro atoms. The summed E-state index contributed by atoms with van der Waals surface area (Å²) in [5, 5.41) is 10.0. The van der Waals surface area contributed by atoms with E-state index in [4.69, 9.17) is 16.3 Å². The fraction of sp³-hybridized carbons (Fsp3) is 0.214. The van der Waals surface area contributed by atoms with Crippen LogP contribution in [-0.2, 0) is 0 Å². The largest absolute Gasteiger partial charge is 0.455 e. The van der Waals surface area contributed by atoms with Gasteiger partial charge in [-0.3, -0.25) is 4.98 Å². The Labute approximate surface area is 111 Å². The van der Waals surface area contributed by atoms with Crippen LogP contribution in [0.25, 0.3) is 0 Å². The van der Waals surface area contributed by atoms with Gasteiger partial charge in [-0.15, -0.1) is 0 Å². The molecule has 1 N–H and O–H groups in total.